The molecule has 1 aliphatic rings. The van der Waals surface area contributed by atoms with Gasteiger partial charge in [-0.15, -0.1) is 0 Å². The van der Waals surface area contributed by atoms with Crippen LogP contribution in [0.2, 0.25) is 0 Å². The molecule has 0 saturated heterocycles. The number of unbranched alkanes of at least 4 members (excludes halogenated alkanes) is 1. The van der Waals surface area contributed by atoms with E-state index in [-0.39, 0.29) is 34.4 Å². The molecule has 1 amide bonds. The van der Waals surface area contributed by atoms with Gasteiger partial charge in [0.15, 0.2) is 17.3 Å². The van der Waals surface area contributed by atoms with E-state index in [1.165, 1.54) is 26.4 Å². The highest BCUT2D eigenvalue weighted by Gasteiger charge is 2.43. The van der Waals surface area contributed by atoms with Crippen LogP contribution in [0.5, 0.6) is 11.5 Å². The molecule has 3 rings (SSSR count). The molecule has 0 N–H and O–H groups in total. The van der Waals surface area contributed by atoms with Gasteiger partial charge in [0.05, 0.1) is 19.8 Å². The van der Waals surface area contributed by atoms with Crippen molar-refractivity contribution in [2.75, 3.05) is 14.2 Å². The van der Waals surface area contributed by atoms with Crippen molar-refractivity contribution < 1.29 is 27.2 Å². The summed E-state index contributed by atoms with van der Waals surface area (Å²) in [6.45, 7) is 1.72. The maximum absolute atomic E-state index is 12.8. The molecule has 0 bridgehead atoms. The van der Waals surface area contributed by atoms with Crippen LogP contribution in [-0.4, -0.2) is 43.0 Å². The minimum atomic E-state index is -4.04. The Labute approximate surface area is 150 Å². The van der Waals surface area contributed by atoms with Gasteiger partial charge in [-0.25, -0.2) is 12.7 Å². The Kier molecular flexibility index (Phi) is 4.86. The van der Waals surface area contributed by atoms with Crippen LogP contribution in [0.25, 0.3) is 0 Å². The first-order chi connectivity index (χ1) is 12.4. The topological polar surface area (TPSA) is 112 Å². The fourth-order valence-corrected chi connectivity index (χ4v) is 4.19. The first-order valence-corrected chi connectivity index (χ1v) is 9.51. The number of aryl methyl sites for hydroxylation is 1. The summed E-state index contributed by atoms with van der Waals surface area (Å²) in [6, 6.07) is 2.64. The minimum Gasteiger partial charge on any atom is -0.493 e. The second-order valence-electron chi connectivity index (χ2n) is 5.73. The molecule has 140 valence electrons. The molecule has 0 atom stereocenters. The lowest BCUT2D eigenvalue weighted by atomic mass is 10.2. The van der Waals surface area contributed by atoms with Gasteiger partial charge in [-0.3, -0.25) is 4.79 Å². The number of amides is 1. The number of rotatable bonds is 7. The van der Waals surface area contributed by atoms with Crippen molar-refractivity contribution >= 4 is 15.9 Å². The van der Waals surface area contributed by atoms with Gasteiger partial charge in [-0.05, 0) is 12.5 Å². The average Bonchev–Trinajstić information content (AvgIpc) is 3.16. The molecular formula is C16H19N3O6S. The summed E-state index contributed by atoms with van der Waals surface area (Å²) in [6.07, 6.45) is 2.50. The van der Waals surface area contributed by atoms with Gasteiger partial charge in [0.1, 0.15) is 11.4 Å². The second kappa shape index (κ2) is 6.94. The first kappa shape index (κ1) is 18.2. The van der Waals surface area contributed by atoms with Crippen LogP contribution in [0.15, 0.2) is 21.6 Å². The Balaban J connectivity index is 1.92. The molecule has 2 heterocycles. The van der Waals surface area contributed by atoms with Crippen molar-refractivity contribution in [1.82, 2.24) is 14.4 Å². The van der Waals surface area contributed by atoms with Crippen molar-refractivity contribution in [1.29, 1.82) is 0 Å². The molecule has 2 aromatic rings. The fourth-order valence-electron chi connectivity index (χ4n) is 2.67. The van der Waals surface area contributed by atoms with Crippen LogP contribution in [0, 0.1) is 0 Å². The number of hydrogen-bond acceptors (Lipinski definition) is 8. The van der Waals surface area contributed by atoms with Crippen molar-refractivity contribution in [2.45, 2.75) is 37.6 Å². The van der Waals surface area contributed by atoms with Crippen LogP contribution in [0.1, 0.15) is 41.8 Å². The molecule has 26 heavy (non-hydrogen) atoms. The Morgan fingerprint density at radius 2 is 1.88 bits per heavy atom. The van der Waals surface area contributed by atoms with E-state index in [1.807, 2.05) is 6.92 Å². The van der Waals surface area contributed by atoms with Crippen molar-refractivity contribution in [3.8, 4) is 11.5 Å². The third-order valence-corrected chi connectivity index (χ3v) is 5.82. The predicted molar refractivity (Wildman–Crippen MR) is 89.5 cm³/mol. The summed E-state index contributed by atoms with van der Waals surface area (Å²) in [5.41, 5.74) is 0.0216. The number of fused-ring (bicyclic) bond motifs is 1. The zero-order valence-corrected chi connectivity index (χ0v) is 15.5. The summed E-state index contributed by atoms with van der Waals surface area (Å²) < 4.78 is 41.6. The number of carbonyl (C=O) groups excluding carboxylic acids is 1. The van der Waals surface area contributed by atoms with Crippen LogP contribution in [-0.2, 0) is 23.0 Å². The maximum Gasteiger partial charge on any atom is 0.269 e. The van der Waals surface area contributed by atoms with E-state index in [0.29, 0.717) is 16.6 Å². The van der Waals surface area contributed by atoms with E-state index < -0.39 is 15.9 Å². The van der Waals surface area contributed by atoms with E-state index in [0.717, 1.165) is 12.8 Å². The summed E-state index contributed by atoms with van der Waals surface area (Å²) in [4.78, 5) is 16.6. The molecule has 0 spiro atoms. The molecule has 0 fully saturated rings. The highest BCUT2D eigenvalue weighted by atomic mass is 32.2. The average molecular weight is 381 g/mol. The lowest BCUT2D eigenvalue weighted by Gasteiger charge is -2.11. The second-order valence-corrected chi connectivity index (χ2v) is 7.56. The third-order valence-electron chi connectivity index (χ3n) is 4.05. The fraction of sp³-hybridized carbons (Fsp3) is 0.438. The molecule has 0 aliphatic carbocycles. The van der Waals surface area contributed by atoms with Crippen molar-refractivity contribution in [2.24, 2.45) is 0 Å². The molecule has 1 aliphatic heterocycles. The molecule has 0 unspecified atom stereocenters. The number of sulfonamides is 1. The number of methoxy groups -OCH3 is 2. The minimum absolute atomic E-state index is 0.0216. The molecule has 1 aromatic carbocycles. The largest absolute Gasteiger partial charge is 0.493 e. The third kappa shape index (κ3) is 3.00. The monoisotopic (exact) mass is 381 g/mol. The summed E-state index contributed by atoms with van der Waals surface area (Å²) in [7, 11) is -1.24. The predicted octanol–water partition coefficient (Wildman–Crippen LogP) is 1.77. The summed E-state index contributed by atoms with van der Waals surface area (Å²) in [5, 5.41) is 3.81. The molecule has 0 radical (unpaired) electrons. The number of aromatic nitrogens is 2. The van der Waals surface area contributed by atoms with Gasteiger partial charge >= 0.3 is 0 Å². The summed E-state index contributed by atoms with van der Waals surface area (Å²) in [5.74, 6) is 0.390. The summed E-state index contributed by atoms with van der Waals surface area (Å²) >= 11 is 0. The smallest absolute Gasteiger partial charge is 0.269 e. The molecule has 0 saturated carbocycles. The van der Waals surface area contributed by atoms with Gasteiger partial charge in [0, 0.05) is 12.5 Å². The van der Waals surface area contributed by atoms with Gasteiger partial charge in [-0.2, -0.15) is 4.98 Å². The first-order valence-electron chi connectivity index (χ1n) is 8.07. The van der Waals surface area contributed by atoms with Crippen LogP contribution in [0.3, 0.4) is 0 Å². The molecule has 9 nitrogen and oxygen atoms in total. The number of ether oxygens (including phenoxy) is 2. The van der Waals surface area contributed by atoms with Crippen molar-refractivity contribution in [3.63, 3.8) is 0 Å². The van der Waals surface area contributed by atoms with Crippen LogP contribution >= 0.6 is 0 Å². The number of hydrogen-bond donors (Lipinski definition) is 0. The number of benzene rings is 1. The Morgan fingerprint density at radius 3 is 2.54 bits per heavy atom. The Morgan fingerprint density at radius 1 is 1.19 bits per heavy atom. The Hall–Kier alpha value is -2.62. The Bertz CT molecular complexity index is 937. The lowest BCUT2D eigenvalue weighted by Crippen LogP contribution is -2.29. The molecule has 1 aromatic heterocycles. The van der Waals surface area contributed by atoms with Crippen LogP contribution < -0.4 is 9.47 Å². The van der Waals surface area contributed by atoms with Gasteiger partial charge in [0.2, 0.25) is 5.89 Å². The molecule has 10 heteroatoms. The molecular weight excluding hydrogens is 362 g/mol. The van der Waals surface area contributed by atoms with Gasteiger partial charge in [-0.1, -0.05) is 18.5 Å². The standard InChI is InChI=1S/C16H19N3O6S/c1-4-5-6-14-17-15(25-18-14)9-19-16(20)10-7-11(23-2)12(24-3)8-13(10)26(19,21)22/h7-8H,4-6,9H2,1-3H3. The number of carbonyl (C=O) groups is 1. The normalized spacial score (nSPS) is 15.2. The van der Waals surface area contributed by atoms with E-state index in [4.69, 9.17) is 14.0 Å². The maximum atomic E-state index is 12.8. The van der Waals surface area contributed by atoms with E-state index in [2.05, 4.69) is 10.1 Å². The van der Waals surface area contributed by atoms with E-state index in [9.17, 15) is 13.2 Å². The van der Waals surface area contributed by atoms with E-state index in [1.54, 1.807) is 0 Å². The highest BCUT2D eigenvalue weighted by Crippen LogP contribution is 2.39. The van der Waals surface area contributed by atoms with Crippen LogP contribution in [0.4, 0.5) is 0 Å². The van der Waals surface area contributed by atoms with Gasteiger partial charge < -0.3 is 14.0 Å². The number of nitrogens with zero attached hydrogens (tertiary/aromatic N) is 3. The van der Waals surface area contributed by atoms with E-state index >= 15 is 0 Å². The zero-order chi connectivity index (χ0) is 18.9. The SMILES string of the molecule is CCCCc1noc(CN2C(=O)c3cc(OC)c(OC)cc3S2(=O)=O)n1. The van der Waals surface area contributed by atoms with Crippen molar-refractivity contribution in [3.05, 3.63) is 29.4 Å². The quantitative estimate of drug-likeness (QED) is 0.713. The van der Waals surface area contributed by atoms with Gasteiger partial charge in [0.25, 0.3) is 15.9 Å². The zero-order valence-electron chi connectivity index (χ0n) is 14.7. The highest BCUT2D eigenvalue weighted by molar-refractivity contribution is 7.90. The lowest BCUT2D eigenvalue weighted by molar-refractivity contribution is 0.0854.